The van der Waals surface area contributed by atoms with Crippen molar-refractivity contribution in [3.8, 4) is 11.1 Å². The van der Waals surface area contributed by atoms with Crippen LogP contribution in [0.1, 0.15) is 0 Å². The number of nitro benzene ring substituents is 1. The smallest absolute Gasteiger partial charge is 0.271 e. The Kier molecular flexibility index (Phi) is 4.99. The summed E-state index contributed by atoms with van der Waals surface area (Å²) in [5.41, 5.74) is 1.66. The second-order valence-corrected chi connectivity index (χ2v) is 6.27. The summed E-state index contributed by atoms with van der Waals surface area (Å²) >= 11 is 0. The van der Waals surface area contributed by atoms with Crippen LogP contribution >= 0.6 is 0 Å². The van der Waals surface area contributed by atoms with Gasteiger partial charge in [-0.05, 0) is 23.8 Å². The number of benzene rings is 1. The summed E-state index contributed by atoms with van der Waals surface area (Å²) in [6, 6.07) is 6.74. The average Bonchev–Trinajstić information content (AvgIpc) is 3.15. The van der Waals surface area contributed by atoms with Crippen molar-refractivity contribution in [3.05, 3.63) is 77.2 Å². The van der Waals surface area contributed by atoms with E-state index in [4.69, 9.17) is 0 Å². The third-order valence-electron chi connectivity index (χ3n) is 4.15. The Morgan fingerprint density at radius 3 is 2.63 bits per heavy atom. The molecule has 3 heterocycles. The maximum Gasteiger partial charge on any atom is 0.271 e. The van der Waals surface area contributed by atoms with Crippen molar-refractivity contribution in [1.29, 1.82) is 0 Å². The van der Waals surface area contributed by atoms with Gasteiger partial charge in [-0.2, -0.15) is 10.1 Å². The molecule has 0 radical (unpaired) electrons. The van der Waals surface area contributed by atoms with E-state index in [1.54, 1.807) is 54.8 Å². The van der Waals surface area contributed by atoms with Crippen molar-refractivity contribution >= 4 is 28.8 Å². The van der Waals surface area contributed by atoms with Gasteiger partial charge in [0.1, 0.15) is 11.6 Å². The van der Waals surface area contributed by atoms with E-state index in [0.29, 0.717) is 11.3 Å². The van der Waals surface area contributed by atoms with Crippen molar-refractivity contribution in [3.63, 3.8) is 0 Å². The zero-order valence-electron chi connectivity index (χ0n) is 15.7. The lowest BCUT2D eigenvalue weighted by molar-refractivity contribution is -0.384. The lowest BCUT2D eigenvalue weighted by Crippen LogP contribution is -2.04. The van der Waals surface area contributed by atoms with Crippen molar-refractivity contribution in [1.82, 2.24) is 24.7 Å². The highest BCUT2D eigenvalue weighted by Crippen LogP contribution is 2.31. The number of nitrogens with zero attached hydrogens (tertiary/aromatic N) is 6. The maximum atomic E-state index is 14.3. The van der Waals surface area contributed by atoms with Crippen LogP contribution in [-0.2, 0) is 7.05 Å². The number of non-ortho nitro benzene ring substituents is 1. The zero-order valence-corrected chi connectivity index (χ0v) is 15.7. The van der Waals surface area contributed by atoms with Gasteiger partial charge in [0.05, 0.1) is 22.5 Å². The fourth-order valence-corrected chi connectivity index (χ4v) is 2.75. The van der Waals surface area contributed by atoms with Crippen LogP contribution in [-0.4, -0.2) is 29.7 Å². The molecule has 150 valence electrons. The number of halogens is 1. The highest BCUT2D eigenvalue weighted by atomic mass is 19.1. The fraction of sp³-hybridized carbons (Fsp3) is 0.0526. The van der Waals surface area contributed by atoms with E-state index in [9.17, 15) is 14.5 Å². The molecule has 0 aliphatic heterocycles. The number of rotatable bonds is 6. The second-order valence-electron chi connectivity index (χ2n) is 6.27. The van der Waals surface area contributed by atoms with Crippen LogP contribution in [0.5, 0.6) is 0 Å². The van der Waals surface area contributed by atoms with Crippen LogP contribution in [0.4, 0.5) is 33.2 Å². The van der Waals surface area contributed by atoms with Crippen molar-refractivity contribution < 1.29 is 9.31 Å². The van der Waals surface area contributed by atoms with Crippen LogP contribution in [0.15, 0.2) is 61.3 Å². The van der Waals surface area contributed by atoms with Gasteiger partial charge in [-0.25, -0.2) is 9.37 Å². The molecule has 0 atom stereocenters. The van der Waals surface area contributed by atoms with Gasteiger partial charge in [-0.15, -0.1) is 0 Å². The molecule has 0 spiro atoms. The largest absolute Gasteiger partial charge is 0.337 e. The molecule has 0 saturated heterocycles. The quantitative estimate of drug-likeness (QED) is 0.366. The number of aromatic nitrogens is 5. The molecule has 0 aliphatic carbocycles. The lowest BCUT2D eigenvalue weighted by atomic mass is 10.1. The molecule has 10 nitrogen and oxygen atoms in total. The van der Waals surface area contributed by atoms with Crippen LogP contribution in [0.2, 0.25) is 0 Å². The summed E-state index contributed by atoms with van der Waals surface area (Å²) in [7, 11) is 1.77. The summed E-state index contributed by atoms with van der Waals surface area (Å²) in [5.74, 6) is -0.141. The Hall–Kier alpha value is -4.41. The summed E-state index contributed by atoms with van der Waals surface area (Å²) < 4.78 is 16.0. The minimum atomic E-state index is -0.651. The summed E-state index contributed by atoms with van der Waals surface area (Å²) in [6.07, 6.45) is 8.13. The van der Waals surface area contributed by atoms with Crippen LogP contribution in [0.3, 0.4) is 0 Å². The van der Waals surface area contributed by atoms with Crippen LogP contribution in [0, 0.1) is 15.9 Å². The SMILES string of the molecule is Cn1cc(Nc2ncc(-c3ccncc3)c(Nc3cc([N+](=O)[O-])ccc3F)n2)cn1. The molecule has 0 saturated carbocycles. The second kappa shape index (κ2) is 7.91. The summed E-state index contributed by atoms with van der Waals surface area (Å²) in [6.45, 7) is 0. The number of aryl methyl sites for hydroxylation is 1. The van der Waals surface area contributed by atoms with Gasteiger partial charge < -0.3 is 10.6 Å². The van der Waals surface area contributed by atoms with Gasteiger partial charge in [-0.1, -0.05) is 0 Å². The number of nitrogens with one attached hydrogen (secondary N) is 2. The Labute approximate surface area is 169 Å². The molecule has 11 heteroatoms. The van der Waals surface area contributed by atoms with E-state index in [0.717, 1.165) is 23.8 Å². The van der Waals surface area contributed by atoms with E-state index < -0.39 is 10.7 Å². The Bertz CT molecular complexity index is 1210. The monoisotopic (exact) mass is 406 g/mol. The van der Waals surface area contributed by atoms with Crippen molar-refractivity contribution in [2.45, 2.75) is 0 Å². The number of hydrogen-bond acceptors (Lipinski definition) is 8. The Balaban J connectivity index is 1.76. The van der Waals surface area contributed by atoms with Gasteiger partial charge in [0.25, 0.3) is 5.69 Å². The standard InChI is InChI=1S/C19H15FN8O2/c1-27-11-13(9-23-27)24-19-22-10-15(12-4-6-21-7-5-12)18(26-19)25-17-8-14(28(29)30)2-3-16(17)20/h2-11H,1H3,(H2,22,24,25,26). The van der Waals surface area contributed by atoms with E-state index in [1.165, 1.54) is 0 Å². The fourth-order valence-electron chi connectivity index (χ4n) is 2.75. The molecular formula is C19H15FN8O2. The topological polar surface area (TPSA) is 124 Å². The van der Waals surface area contributed by atoms with Crippen molar-refractivity contribution in [2.24, 2.45) is 7.05 Å². The van der Waals surface area contributed by atoms with E-state index in [2.05, 4.69) is 30.7 Å². The first-order chi connectivity index (χ1) is 14.5. The summed E-state index contributed by atoms with van der Waals surface area (Å²) in [4.78, 5) is 23.2. The van der Waals surface area contributed by atoms with Crippen LogP contribution < -0.4 is 10.6 Å². The number of hydrogen-bond donors (Lipinski definition) is 2. The van der Waals surface area contributed by atoms with Gasteiger partial charge in [0.15, 0.2) is 0 Å². The minimum Gasteiger partial charge on any atom is -0.337 e. The Morgan fingerprint density at radius 2 is 1.93 bits per heavy atom. The Morgan fingerprint density at radius 1 is 1.13 bits per heavy atom. The summed E-state index contributed by atoms with van der Waals surface area (Å²) in [5, 5.41) is 21.0. The molecule has 0 amide bonds. The van der Waals surface area contributed by atoms with E-state index in [1.807, 2.05) is 0 Å². The van der Waals surface area contributed by atoms with Crippen molar-refractivity contribution in [2.75, 3.05) is 10.6 Å². The molecule has 0 fully saturated rings. The highest BCUT2D eigenvalue weighted by Gasteiger charge is 2.15. The molecule has 0 aliphatic rings. The van der Waals surface area contributed by atoms with Gasteiger partial charge in [-0.3, -0.25) is 19.8 Å². The predicted molar refractivity (Wildman–Crippen MR) is 108 cm³/mol. The molecule has 4 aromatic rings. The molecule has 0 unspecified atom stereocenters. The normalized spacial score (nSPS) is 10.6. The third-order valence-corrected chi connectivity index (χ3v) is 4.15. The number of anilines is 4. The zero-order chi connectivity index (χ0) is 21.1. The molecule has 2 N–H and O–H groups in total. The number of pyridine rings is 1. The minimum absolute atomic E-state index is 0.0782. The molecule has 30 heavy (non-hydrogen) atoms. The predicted octanol–water partition coefficient (Wildman–Crippen LogP) is 3.81. The van der Waals surface area contributed by atoms with E-state index >= 15 is 0 Å². The highest BCUT2D eigenvalue weighted by molar-refractivity contribution is 5.79. The van der Waals surface area contributed by atoms with E-state index in [-0.39, 0.29) is 23.1 Å². The molecule has 1 aromatic carbocycles. The van der Waals surface area contributed by atoms with Crippen LogP contribution in [0.25, 0.3) is 11.1 Å². The molecule has 0 bridgehead atoms. The van der Waals surface area contributed by atoms with Gasteiger partial charge in [0, 0.05) is 49.5 Å². The lowest BCUT2D eigenvalue weighted by Gasteiger charge is -2.13. The third kappa shape index (κ3) is 4.04. The molecular weight excluding hydrogens is 391 g/mol. The molecule has 3 aromatic heterocycles. The van der Waals surface area contributed by atoms with Gasteiger partial charge in [0.2, 0.25) is 5.95 Å². The number of nitro groups is 1. The average molecular weight is 406 g/mol. The van der Waals surface area contributed by atoms with Gasteiger partial charge >= 0.3 is 0 Å². The molecule has 4 rings (SSSR count). The first kappa shape index (κ1) is 18.9. The first-order valence-corrected chi connectivity index (χ1v) is 8.73. The maximum absolute atomic E-state index is 14.3. The first-order valence-electron chi connectivity index (χ1n) is 8.73.